The smallest absolute Gasteiger partial charge is 0.137 e. The van der Waals surface area contributed by atoms with Gasteiger partial charge in [-0.15, -0.1) is 0 Å². The van der Waals surface area contributed by atoms with Gasteiger partial charge in [0.1, 0.15) is 24.5 Å². The summed E-state index contributed by atoms with van der Waals surface area (Å²) < 4.78 is 28.7. The Morgan fingerprint density at radius 1 is 1.09 bits per heavy atom. The molecule has 0 aromatic carbocycles. The van der Waals surface area contributed by atoms with Gasteiger partial charge in [0.05, 0.1) is 25.4 Å². The first-order valence-corrected chi connectivity index (χ1v) is 8.09. The van der Waals surface area contributed by atoms with Crippen LogP contribution >= 0.6 is 0 Å². The Balaban J connectivity index is 2.80. The number of ether oxygens (including phenoxy) is 5. The number of hydrogen-bond acceptors (Lipinski definition) is 6. The van der Waals surface area contributed by atoms with E-state index in [-0.39, 0.29) is 30.1 Å². The molecule has 1 aliphatic heterocycles. The summed E-state index contributed by atoms with van der Waals surface area (Å²) in [6, 6.07) is 0. The molecular weight excluding hydrogens is 286 g/mol. The van der Waals surface area contributed by atoms with Gasteiger partial charge in [-0.3, -0.25) is 5.32 Å². The highest BCUT2D eigenvalue weighted by atomic mass is 16.6. The van der Waals surface area contributed by atoms with Crippen LogP contribution in [0.1, 0.15) is 33.6 Å². The topological polar surface area (TPSA) is 58.2 Å². The minimum absolute atomic E-state index is 0.147. The summed E-state index contributed by atoms with van der Waals surface area (Å²) >= 11 is 0. The van der Waals surface area contributed by atoms with Crippen LogP contribution in [0, 0.1) is 0 Å². The molecule has 1 saturated heterocycles. The van der Waals surface area contributed by atoms with E-state index in [1.807, 2.05) is 7.05 Å². The average molecular weight is 319 g/mol. The molecule has 4 unspecified atom stereocenters. The Hall–Kier alpha value is -0.240. The van der Waals surface area contributed by atoms with E-state index in [4.69, 9.17) is 23.7 Å². The van der Waals surface area contributed by atoms with E-state index in [2.05, 4.69) is 26.1 Å². The van der Waals surface area contributed by atoms with Gasteiger partial charge in [0, 0.05) is 14.2 Å². The fraction of sp³-hybridized carbons (Fsp3) is 1.00. The predicted octanol–water partition coefficient (Wildman–Crippen LogP) is 1.57. The molecule has 0 aliphatic carbocycles. The summed E-state index contributed by atoms with van der Waals surface area (Å²) in [7, 11) is 5.20. The molecule has 0 bridgehead atoms. The second-order valence-electron chi connectivity index (χ2n) is 6.26. The van der Waals surface area contributed by atoms with Crippen molar-refractivity contribution >= 4 is 0 Å². The number of nitrogens with one attached hydrogen (secondary N) is 1. The quantitative estimate of drug-likeness (QED) is 0.584. The zero-order chi connectivity index (χ0) is 16.6. The zero-order valence-corrected chi connectivity index (χ0v) is 14.9. The Kier molecular flexibility index (Phi) is 8.82. The van der Waals surface area contributed by atoms with Gasteiger partial charge < -0.3 is 23.7 Å². The largest absolute Gasteiger partial charge is 0.382 e. The van der Waals surface area contributed by atoms with Crippen molar-refractivity contribution in [3.63, 3.8) is 0 Å². The van der Waals surface area contributed by atoms with Gasteiger partial charge in [-0.25, -0.2) is 0 Å². The van der Waals surface area contributed by atoms with Crippen molar-refractivity contribution in [2.75, 3.05) is 41.1 Å². The normalized spacial score (nSPS) is 29.2. The summed E-state index contributed by atoms with van der Waals surface area (Å²) in [6.45, 7) is 7.92. The molecule has 132 valence electrons. The van der Waals surface area contributed by atoms with Gasteiger partial charge >= 0.3 is 0 Å². The SMILES string of the molecule is CCCC(C)(C)OC1C(COC)OC(NC)C1OCCOC. The summed E-state index contributed by atoms with van der Waals surface area (Å²) in [5, 5.41) is 3.15. The van der Waals surface area contributed by atoms with Gasteiger partial charge in [0.25, 0.3) is 0 Å². The van der Waals surface area contributed by atoms with Crippen LogP contribution in [0.5, 0.6) is 0 Å². The highest BCUT2D eigenvalue weighted by Gasteiger charge is 2.47. The first-order chi connectivity index (χ1) is 10.5. The Morgan fingerprint density at radius 3 is 2.36 bits per heavy atom. The molecule has 1 heterocycles. The van der Waals surface area contributed by atoms with E-state index in [0.717, 1.165) is 12.8 Å². The summed E-state index contributed by atoms with van der Waals surface area (Å²) in [5.74, 6) is 0. The third kappa shape index (κ3) is 5.76. The highest BCUT2D eigenvalue weighted by Crippen LogP contribution is 2.30. The molecule has 22 heavy (non-hydrogen) atoms. The lowest BCUT2D eigenvalue weighted by Gasteiger charge is -2.33. The molecule has 1 rings (SSSR count). The second kappa shape index (κ2) is 9.80. The molecular formula is C16H33NO5. The Bertz CT molecular complexity index is 300. The molecule has 0 aromatic rings. The zero-order valence-electron chi connectivity index (χ0n) is 14.9. The molecule has 4 atom stereocenters. The standard InChI is InChI=1S/C16H33NO5/c1-7-8-16(2,3)22-13-12(11-19-6)21-15(17-4)14(13)20-10-9-18-5/h12-15,17H,7-11H2,1-6H3. The van der Waals surface area contributed by atoms with Gasteiger partial charge in [-0.2, -0.15) is 0 Å². The monoisotopic (exact) mass is 319 g/mol. The molecule has 1 fully saturated rings. The first kappa shape index (κ1) is 19.8. The van der Waals surface area contributed by atoms with Crippen LogP contribution in [-0.2, 0) is 23.7 Å². The van der Waals surface area contributed by atoms with Crippen LogP contribution in [0.4, 0.5) is 0 Å². The maximum Gasteiger partial charge on any atom is 0.137 e. The van der Waals surface area contributed by atoms with Gasteiger partial charge in [0.2, 0.25) is 0 Å². The van der Waals surface area contributed by atoms with E-state index in [9.17, 15) is 0 Å². The molecule has 0 aromatic heterocycles. The molecule has 6 heteroatoms. The summed E-state index contributed by atoms with van der Waals surface area (Å²) in [6.07, 6.45) is 1.34. The van der Waals surface area contributed by atoms with Crippen molar-refractivity contribution in [2.45, 2.75) is 63.8 Å². The molecule has 0 amide bonds. The number of hydrogen-bond donors (Lipinski definition) is 1. The van der Waals surface area contributed by atoms with Crippen molar-refractivity contribution in [2.24, 2.45) is 0 Å². The van der Waals surface area contributed by atoms with Crippen LogP contribution in [0.3, 0.4) is 0 Å². The van der Waals surface area contributed by atoms with Gasteiger partial charge in [0.15, 0.2) is 0 Å². The van der Waals surface area contributed by atoms with E-state index < -0.39 is 0 Å². The van der Waals surface area contributed by atoms with E-state index in [1.165, 1.54) is 0 Å². The third-order valence-electron chi connectivity index (χ3n) is 3.83. The van der Waals surface area contributed by atoms with Crippen LogP contribution in [-0.4, -0.2) is 71.2 Å². The molecule has 0 radical (unpaired) electrons. The van der Waals surface area contributed by atoms with Crippen molar-refractivity contribution in [1.29, 1.82) is 0 Å². The minimum atomic E-state index is -0.222. The maximum atomic E-state index is 6.37. The first-order valence-electron chi connectivity index (χ1n) is 8.09. The lowest BCUT2D eigenvalue weighted by molar-refractivity contribution is -0.144. The Labute approximate surface area is 134 Å². The molecule has 1 aliphatic rings. The lowest BCUT2D eigenvalue weighted by Crippen LogP contribution is -2.46. The second-order valence-corrected chi connectivity index (χ2v) is 6.26. The van der Waals surface area contributed by atoms with Crippen LogP contribution in [0.25, 0.3) is 0 Å². The van der Waals surface area contributed by atoms with Gasteiger partial charge in [-0.1, -0.05) is 13.3 Å². The van der Waals surface area contributed by atoms with E-state index >= 15 is 0 Å². The fourth-order valence-electron chi connectivity index (χ4n) is 2.88. The lowest BCUT2D eigenvalue weighted by atomic mass is 10.0. The van der Waals surface area contributed by atoms with Gasteiger partial charge in [-0.05, 0) is 27.3 Å². The van der Waals surface area contributed by atoms with Crippen molar-refractivity contribution < 1.29 is 23.7 Å². The maximum absolute atomic E-state index is 6.37. The highest BCUT2D eigenvalue weighted by molar-refractivity contribution is 4.93. The molecule has 6 nitrogen and oxygen atoms in total. The number of likely N-dealkylation sites (N-methyl/N-ethyl adjacent to an activating group) is 1. The third-order valence-corrected chi connectivity index (χ3v) is 3.83. The van der Waals surface area contributed by atoms with E-state index in [1.54, 1.807) is 14.2 Å². The summed E-state index contributed by atoms with van der Waals surface area (Å²) in [5.41, 5.74) is -0.222. The predicted molar refractivity (Wildman–Crippen MR) is 85.1 cm³/mol. The van der Waals surface area contributed by atoms with Crippen molar-refractivity contribution in [3.05, 3.63) is 0 Å². The number of rotatable bonds is 11. The number of methoxy groups -OCH3 is 2. The van der Waals surface area contributed by atoms with Crippen molar-refractivity contribution in [3.8, 4) is 0 Å². The van der Waals surface area contributed by atoms with Crippen LogP contribution < -0.4 is 5.32 Å². The van der Waals surface area contributed by atoms with Crippen molar-refractivity contribution in [1.82, 2.24) is 5.32 Å². The Morgan fingerprint density at radius 2 is 1.82 bits per heavy atom. The van der Waals surface area contributed by atoms with Crippen LogP contribution in [0.15, 0.2) is 0 Å². The fourth-order valence-corrected chi connectivity index (χ4v) is 2.88. The molecule has 1 N–H and O–H groups in total. The summed E-state index contributed by atoms with van der Waals surface area (Å²) in [4.78, 5) is 0. The minimum Gasteiger partial charge on any atom is -0.382 e. The molecule has 0 spiro atoms. The van der Waals surface area contributed by atoms with E-state index in [0.29, 0.717) is 19.8 Å². The average Bonchev–Trinajstić information content (AvgIpc) is 2.77. The van der Waals surface area contributed by atoms with Crippen LogP contribution in [0.2, 0.25) is 0 Å². The molecule has 0 saturated carbocycles.